The van der Waals surface area contributed by atoms with Crippen LogP contribution in [-0.2, 0) is 15.0 Å². The van der Waals surface area contributed by atoms with Gasteiger partial charge in [0, 0.05) is 40.9 Å². The standard InChI is InChI=1S/C22H31FN4O3/c1-22(8-10-24-2,20-17(23)12-15(29)13-19(20)27-14-28)9-11-26-21(30)16-6-4-5-7-18(16)25-3/h12-14,24,29H,3-11H2,1-2H3,(H,26,30)(H,27,28). The van der Waals surface area contributed by atoms with E-state index in [1.807, 2.05) is 6.92 Å². The average Bonchev–Trinajstić information content (AvgIpc) is 2.71. The first kappa shape index (κ1) is 23.5. The maximum atomic E-state index is 14.9. The number of anilines is 1. The van der Waals surface area contributed by atoms with E-state index in [1.165, 1.54) is 6.07 Å². The Hall–Kier alpha value is -2.74. The van der Waals surface area contributed by atoms with Gasteiger partial charge >= 0.3 is 0 Å². The summed E-state index contributed by atoms with van der Waals surface area (Å²) in [7, 11) is 1.80. The molecule has 8 heteroatoms. The highest BCUT2D eigenvalue weighted by atomic mass is 19.1. The summed E-state index contributed by atoms with van der Waals surface area (Å²) >= 11 is 0. The number of hydrogen-bond donors (Lipinski definition) is 4. The van der Waals surface area contributed by atoms with Crippen molar-refractivity contribution in [1.29, 1.82) is 0 Å². The molecular formula is C22H31FN4O3. The van der Waals surface area contributed by atoms with Crippen molar-refractivity contribution in [2.75, 3.05) is 25.5 Å². The molecule has 0 radical (unpaired) electrons. The van der Waals surface area contributed by atoms with E-state index in [1.54, 1.807) is 7.05 Å². The molecule has 30 heavy (non-hydrogen) atoms. The minimum Gasteiger partial charge on any atom is -0.508 e. The Morgan fingerprint density at radius 1 is 1.30 bits per heavy atom. The first-order chi connectivity index (χ1) is 14.4. The van der Waals surface area contributed by atoms with Crippen molar-refractivity contribution in [3.05, 3.63) is 34.8 Å². The number of rotatable bonds is 11. The normalized spacial score (nSPS) is 16.0. The SMILES string of the molecule is C=NC1=C(C(=O)NCCC(C)(CCNC)c2c(F)cc(O)cc2NC=O)CCCC1. The summed E-state index contributed by atoms with van der Waals surface area (Å²) < 4.78 is 14.9. The van der Waals surface area contributed by atoms with Gasteiger partial charge < -0.3 is 21.1 Å². The molecular weight excluding hydrogens is 387 g/mol. The minimum atomic E-state index is -0.695. The largest absolute Gasteiger partial charge is 0.508 e. The van der Waals surface area contributed by atoms with E-state index in [0.29, 0.717) is 49.9 Å². The van der Waals surface area contributed by atoms with E-state index < -0.39 is 11.2 Å². The summed E-state index contributed by atoms with van der Waals surface area (Å²) in [5.41, 5.74) is 1.26. The Balaban J connectivity index is 2.24. The fourth-order valence-electron chi connectivity index (χ4n) is 4.03. The zero-order valence-corrected chi connectivity index (χ0v) is 17.7. The van der Waals surface area contributed by atoms with Gasteiger partial charge in [-0.3, -0.25) is 14.6 Å². The molecule has 0 saturated heterocycles. The Kier molecular flexibility index (Phi) is 8.53. The van der Waals surface area contributed by atoms with E-state index >= 15 is 0 Å². The number of aliphatic imine (C=N–C) groups is 1. The second-order valence-electron chi connectivity index (χ2n) is 7.82. The van der Waals surface area contributed by atoms with Crippen molar-refractivity contribution in [3.8, 4) is 5.75 Å². The van der Waals surface area contributed by atoms with Crippen LogP contribution in [-0.4, -0.2) is 44.3 Å². The van der Waals surface area contributed by atoms with Crippen molar-refractivity contribution < 1.29 is 19.1 Å². The van der Waals surface area contributed by atoms with Gasteiger partial charge in [0.1, 0.15) is 11.6 Å². The molecule has 0 saturated carbocycles. The molecule has 4 N–H and O–H groups in total. The first-order valence-electron chi connectivity index (χ1n) is 10.2. The third-order valence-corrected chi connectivity index (χ3v) is 5.69. The van der Waals surface area contributed by atoms with Crippen molar-refractivity contribution >= 4 is 24.7 Å². The molecule has 164 valence electrons. The fraction of sp³-hybridized carbons (Fsp3) is 0.500. The summed E-state index contributed by atoms with van der Waals surface area (Å²) in [6.45, 7) is 6.39. The quantitative estimate of drug-likeness (QED) is 0.328. The van der Waals surface area contributed by atoms with E-state index in [0.717, 1.165) is 31.0 Å². The Bertz CT molecular complexity index is 825. The topological polar surface area (TPSA) is 103 Å². The van der Waals surface area contributed by atoms with Crippen LogP contribution in [0.15, 0.2) is 28.4 Å². The maximum absolute atomic E-state index is 14.9. The number of carbonyl (C=O) groups is 2. The number of nitrogens with zero attached hydrogens (tertiary/aromatic N) is 1. The Labute approximate surface area is 176 Å². The van der Waals surface area contributed by atoms with Crippen LogP contribution in [0.25, 0.3) is 0 Å². The monoisotopic (exact) mass is 418 g/mol. The summed E-state index contributed by atoms with van der Waals surface area (Å²) in [4.78, 5) is 27.7. The lowest BCUT2D eigenvalue weighted by Gasteiger charge is -2.33. The van der Waals surface area contributed by atoms with E-state index in [-0.39, 0.29) is 17.3 Å². The fourth-order valence-corrected chi connectivity index (χ4v) is 4.03. The number of phenols is 1. The highest BCUT2D eigenvalue weighted by molar-refractivity contribution is 5.94. The van der Waals surface area contributed by atoms with Gasteiger partial charge in [0.15, 0.2) is 0 Å². The van der Waals surface area contributed by atoms with Crippen molar-refractivity contribution in [1.82, 2.24) is 10.6 Å². The predicted octanol–water partition coefficient (Wildman–Crippen LogP) is 3.00. The third-order valence-electron chi connectivity index (χ3n) is 5.69. The molecule has 1 aromatic carbocycles. The van der Waals surface area contributed by atoms with Crippen LogP contribution in [0.4, 0.5) is 10.1 Å². The molecule has 7 nitrogen and oxygen atoms in total. The molecule has 2 amide bonds. The van der Waals surface area contributed by atoms with E-state index in [2.05, 4.69) is 27.7 Å². The van der Waals surface area contributed by atoms with Gasteiger partial charge in [-0.25, -0.2) is 4.39 Å². The van der Waals surface area contributed by atoms with Gasteiger partial charge in [-0.1, -0.05) is 6.92 Å². The van der Waals surface area contributed by atoms with Crippen molar-refractivity contribution in [2.45, 2.75) is 50.9 Å². The number of hydrogen-bond acceptors (Lipinski definition) is 5. The molecule has 0 aliphatic heterocycles. The smallest absolute Gasteiger partial charge is 0.249 e. The number of aromatic hydroxyl groups is 1. The molecule has 0 heterocycles. The summed E-state index contributed by atoms with van der Waals surface area (Å²) in [6, 6.07) is 2.37. The van der Waals surface area contributed by atoms with Crippen LogP contribution in [0.3, 0.4) is 0 Å². The zero-order valence-electron chi connectivity index (χ0n) is 17.7. The van der Waals surface area contributed by atoms with E-state index in [9.17, 15) is 19.1 Å². The molecule has 1 aromatic rings. The second-order valence-corrected chi connectivity index (χ2v) is 7.82. The molecule has 1 unspecified atom stereocenters. The maximum Gasteiger partial charge on any atom is 0.249 e. The molecule has 1 aliphatic rings. The van der Waals surface area contributed by atoms with Gasteiger partial charge in [0.25, 0.3) is 0 Å². The van der Waals surface area contributed by atoms with Crippen LogP contribution in [0.5, 0.6) is 5.75 Å². The predicted molar refractivity (Wildman–Crippen MR) is 116 cm³/mol. The van der Waals surface area contributed by atoms with Gasteiger partial charge in [-0.05, 0) is 58.8 Å². The van der Waals surface area contributed by atoms with E-state index in [4.69, 9.17) is 0 Å². The summed E-state index contributed by atoms with van der Waals surface area (Å²) in [6.07, 6.45) is 4.84. The number of benzene rings is 1. The Morgan fingerprint density at radius 3 is 2.67 bits per heavy atom. The number of phenolic OH excluding ortho intramolecular Hbond substituents is 1. The minimum absolute atomic E-state index is 0.162. The lowest BCUT2D eigenvalue weighted by Crippen LogP contribution is -2.35. The molecule has 0 aromatic heterocycles. The van der Waals surface area contributed by atoms with Gasteiger partial charge in [-0.15, -0.1) is 0 Å². The van der Waals surface area contributed by atoms with Gasteiger partial charge in [0.05, 0.1) is 5.69 Å². The first-order valence-corrected chi connectivity index (χ1v) is 10.2. The molecule has 0 bridgehead atoms. The average molecular weight is 419 g/mol. The summed E-state index contributed by atoms with van der Waals surface area (Å²) in [5.74, 6) is -1.03. The number of carbonyl (C=O) groups excluding carboxylic acids is 2. The lowest BCUT2D eigenvalue weighted by molar-refractivity contribution is -0.117. The van der Waals surface area contributed by atoms with Crippen molar-refractivity contribution in [3.63, 3.8) is 0 Å². The highest BCUT2D eigenvalue weighted by Crippen LogP contribution is 2.39. The van der Waals surface area contributed by atoms with Crippen LogP contribution in [0, 0.1) is 5.82 Å². The molecule has 2 rings (SSSR count). The van der Waals surface area contributed by atoms with Crippen LogP contribution in [0.1, 0.15) is 51.0 Å². The number of allylic oxidation sites excluding steroid dienone is 1. The summed E-state index contributed by atoms with van der Waals surface area (Å²) in [5, 5.41) is 18.2. The van der Waals surface area contributed by atoms with Crippen LogP contribution in [0.2, 0.25) is 0 Å². The molecule has 1 atom stereocenters. The molecule has 0 fully saturated rings. The lowest BCUT2D eigenvalue weighted by atomic mass is 9.75. The zero-order chi connectivity index (χ0) is 22.1. The second kappa shape index (κ2) is 10.9. The number of nitrogens with one attached hydrogen (secondary N) is 3. The highest BCUT2D eigenvalue weighted by Gasteiger charge is 2.32. The number of halogens is 1. The molecule has 0 spiro atoms. The number of amides is 2. The molecule has 1 aliphatic carbocycles. The van der Waals surface area contributed by atoms with Gasteiger partial charge in [-0.2, -0.15) is 0 Å². The Morgan fingerprint density at radius 2 is 2.00 bits per heavy atom. The third kappa shape index (κ3) is 5.66. The van der Waals surface area contributed by atoms with Crippen LogP contribution < -0.4 is 16.0 Å². The van der Waals surface area contributed by atoms with Crippen LogP contribution >= 0.6 is 0 Å². The van der Waals surface area contributed by atoms with Crippen molar-refractivity contribution in [2.24, 2.45) is 4.99 Å². The van der Waals surface area contributed by atoms with Gasteiger partial charge in [0.2, 0.25) is 12.3 Å².